The third-order valence-corrected chi connectivity index (χ3v) is 2.41. The van der Waals surface area contributed by atoms with Gasteiger partial charge in [-0.1, -0.05) is 26.7 Å². The van der Waals surface area contributed by atoms with E-state index in [1.807, 2.05) is 0 Å². The Kier molecular flexibility index (Phi) is 7.06. The molecule has 0 aromatic heterocycles. The van der Waals surface area contributed by atoms with Crippen molar-refractivity contribution in [2.45, 2.75) is 46.1 Å². The lowest BCUT2D eigenvalue weighted by molar-refractivity contribution is -0.107. The van der Waals surface area contributed by atoms with Crippen molar-refractivity contribution in [1.82, 2.24) is 5.32 Å². The Balaban J connectivity index is 3.67. The molecule has 0 aromatic carbocycles. The van der Waals surface area contributed by atoms with Gasteiger partial charge < -0.3 is 10.1 Å². The monoisotopic (exact) mass is 171 g/mol. The average Bonchev–Trinajstić information content (AvgIpc) is 2.10. The predicted octanol–water partition coefficient (Wildman–Crippen LogP) is 1.99. The van der Waals surface area contributed by atoms with Crippen molar-refractivity contribution in [2.24, 2.45) is 5.92 Å². The number of hydrogen-bond acceptors (Lipinski definition) is 2. The van der Waals surface area contributed by atoms with E-state index < -0.39 is 0 Å². The first-order valence-corrected chi connectivity index (χ1v) is 4.93. The lowest BCUT2D eigenvalue weighted by atomic mass is 9.93. The van der Waals surface area contributed by atoms with Gasteiger partial charge in [-0.05, 0) is 19.3 Å². The minimum atomic E-state index is 0.472. The van der Waals surface area contributed by atoms with E-state index in [9.17, 15) is 4.79 Å². The minimum absolute atomic E-state index is 0.472. The van der Waals surface area contributed by atoms with Crippen LogP contribution in [-0.4, -0.2) is 18.9 Å². The summed E-state index contributed by atoms with van der Waals surface area (Å²) in [5.74, 6) is 0.718. The molecule has 0 fully saturated rings. The summed E-state index contributed by atoms with van der Waals surface area (Å²) in [6.45, 7) is 7.06. The molecule has 0 rings (SSSR count). The molecule has 0 aromatic rings. The Morgan fingerprint density at radius 1 is 1.42 bits per heavy atom. The number of carbonyl (C=O) groups is 1. The quantitative estimate of drug-likeness (QED) is 0.593. The molecule has 1 unspecified atom stereocenters. The zero-order valence-electron chi connectivity index (χ0n) is 8.47. The molecule has 12 heavy (non-hydrogen) atoms. The summed E-state index contributed by atoms with van der Waals surface area (Å²) in [6, 6.07) is 0.472. The second-order valence-electron chi connectivity index (χ2n) is 3.32. The SMILES string of the molecule is CCCC(CC)[C@H](C)NCC=O. The van der Waals surface area contributed by atoms with Crippen LogP contribution in [0, 0.1) is 5.92 Å². The van der Waals surface area contributed by atoms with E-state index in [0.717, 1.165) is 12.2 Å². The summed E-state index contributed by atoms with van der Waals surface area (Å²) in [4.78, 5) is 10.1. The van der Waals surface area contributed by atoms with Gasteiger partial charge in [-0.25, -0.2) is 0 Å². The molecule has 2 atom stereocenters. The minimum Gasteiger partial charge on any atom is -0.307 e. The summed E-state index contributed by atoms with van der Waals surface area (Å²) in [7, 11) is 0. The molecule has 0 aliphatic heterocycles. The molecule has 72 valence electrons. The number of rotatable bonds is 7. The third-order valence-electron chi connectivity index (χ3n) is 2.41. The van der Waals surface area contributed by atoms with Gasteiger partial charge in [-0.2, -0.15) is 0 Å². The Morgan fingerprint density at radius 3 is 2.50 bits per heavy atom. The molecule has 0 saturated carbocycles. The van der Waals surface area contributed by atoms with Gasteiger partial charge in [-0.15, -0.1) is 0 Å². The molecule has 0 aliphatic carbocycles. The predicted molar refractivity (Wildman–Crippen MR) is 52.2 cm³/mol. The Morgan fingerprint density at radius 2 is 2.08 bits per heavy atom. The highest BCUT2D eigenvalue weighted by molar-refractivity contribution is 5.51. The van der Waals surface area contributed by atoms with E-state index >= 15 is 0 Å². The van der Waals surface area contributed by atoms with Crippen LogP contribution in [-0.2, 0) is 4.79 Å². The molecule has 1 N–H and O–H groups in total. The number of carbonyl (C=O) groups excluding carboxylic acids is 1. The summed E-state index contributed by atoms with van der Waals surface area (Å²) >= 11 is 0. The van der Waals surface area contributed by atoms with Crippen LogP contribution in [0.3, 0.4) is 0 Å². The fourth-order valence-corrected chi connectivity index (χ4v) is 1.58. The number of aldehydes is 1. The van der Waals surface area contributed by atoms with Crippen LogP contribution in [0.4, 0.5) is 0 Å². The zero-order chi connectivity index (χ0) is 9.40. The van der Waals surface area contributed by atoms with E-state index in [1.54, 1.807) is 0 Å². The fourth-order valence-electron chi connectivity index (χ4n) is 1.58. The van der Waals surface area contributed by atoms with Crippen molar-refractivity contribution in [1.29, 1.82) is 0 Å². The molecular formula is C10H21NO. The van der Waals surface area contributed by atoms with Gasteiger partial charge in [-0.3, -0.25) is 0 Å². The third kappa shape index (κ3) is 4.50. The van der Waals surface area contributed by atoms with Crippen molar-refractivity contribution in [3.63, 3.8) is 0 Å². The van der Waals surface area contributed by atoms with Crippen LogP contribution in [0.5, 0.6) is 0 Å². The van der Waals surface area contributed by atoms with Gasteiger partial charge in [0.05, 0.1) is 6.54 Å². The van der Waals surface area contributed by atoms with E-state index in [4.69, 9.17) is 0 Å². The molecule has 0 amide bonds. The van der Waals surface area contributed by atoms with Gasteiger partial charge in [0.25, 0.3) is 0 Å². The highest BCUT2D eigenvalue weighted by Gasteiger charge is 2.12. The molecule has 2 heteroatoms. The smallest absolute Gasteiger partial charge is 0.133 e. The Labute approximate surface area is 75.7 Å². The molecule has 0 spiro atoms. The van der Waals surface area contributed by atoms with E-state index in [2.05, 4.69) is 26.1 Å². The molecule has 2 nitrogen and oxygen atoms in total. The summed E-state index contributed by atoms with van der Waals surface area (Å²) in [5.41, 5.74) is 0. The second-order valence-corrected chi connectivity index (χ2v) is 3.32. The van der Waals surface area contributed by atoms with Gasteiger partial charge >= 0.3 is 0 Å². The van der Waals surface area contributed by atoms with E-state index in [0.29, 0.717) is 12.6 Å². The number of hydrogen-bond donors (Lipinski definition) is 1. The lowest BCUT2D eigenvalue weighted by Gasteiger charge is -2.22. The van der Waals surface area contributed by atoms with Crippen LogP contribution < -0.4 is 5.32 Å². The fraction of sp³-hybridized carbons (Fsp3) is 0.900. The zero-order valence-corrected chi connectivity index (χ0v) is 8.47. The Bertz CT molecular complexity index is 114. The van der Waals surface area contributed by atoms with E-state index in [-0.39, 0.29) is 0 Å². The second kappa shape index (κ2) is 7.29. The molecule has 0 aliphatic rings. The lowest BCUT2D eigenvalue weighted by Crippen LogP contribution is -2.34. The topological polar surface area (TPSA) is 29.1 Å². The molecule has 0 radical (unpaired) electrons. The normalized spacial score (nSPS) is 15.6. The van der Waals surface area contributed by atoms with Crippen molar-refractivity contribution in [3.05, 3.63) is 0 Å². The maximum absolute atomic E-state index is 10.1. The van der Waals surface area contributed by atoms with Crippen LogP contribution in [0.25, 0.3) is 0 Å². The van der Waals surface area contributed by atoms with Gasteiger partial charge in [0.2, 0.25) is 0 Å². The molecule has 0 heterocycles. The van der Waals surface area contributed by atoms with Crippen molar-refractivity contribution >= 4 is 6.29 Å². The first-order chi connectivity index (χ1) is 5.76. The molecule has 0 bridgehead atoms. The van der Waals surface area contributed by atoms with Crippen LogP contribution >= 0.6 is 0 Å². The van der Waals surface area contributed by atoms with Gasteiger partial charge in [0.1, 0.15) is 6.29 Å². The van der Waals surface area contributed by atoms with Crippen molar-refractivity contribution in [3.8, 4) is 0 Å². The summed E-state index contributed by atoms with van der Waals surface area (Å²) < 4.78 is 0. The first-order valence-electron chi connectivity index (χ1n) is 4.93. The first kappa shape index (κ1) is 11.6. The van der Waals surface area contributed by atoms with E-state index in [1.165, 1.54) is 19.3 Å². The standard InChI is InChI=1S/C10H21NO/c1-4-6-10(5-2)9(3)11-7-8-12/h8-11H,4-7H2,1-3H3/t9-,10?/m0/s1. The molecular weight excluding hydrogens is 150 g/mol. The highest BCUT2D eigenvalue weighted by Crippen LogP contribution is 2.14. The number of nitrogens with one attached hydrogen (secondary N) is 1. The summed E-state index contributed by atoms with van der Waals surface area (Å²) in [5, 5.41) is 3.20. The van der Waals surface area contributed by atoms with Crippen molar-refractivity contribution < 1.29 is 4.79 Å². The summed E-state index contributed by atoms with van der Waals surface area (Å²) in [6.07, 6.45) is 4.60. The van der Waals surface area contributed by atoms with Gasteiger partial charge in [0.15, 0.2) is 0 Å². The van der Waals surface area contributed by atoms with Crippen LogP contribution in [0.15, 0.2) is 0 Å². The largest absolute Gasteiger partial charge is 0.307 e. The Hall–Kier alpha value is -0.370. The highest BCUT2D eigenvalue weighted by atomic mass is 16.1. The van der Waals surface area contributed by atoms with Gasteiger partial charge in [0, 0.05) is 6.04 Å². The average molecular weight is 171 g/mol. The molecule has 0 saturated heterocycles. The maximum atomic E-state index is 10.1. The van der Waals surface area contributed by atoms with Crippen LogP contribution in [0.2, 0.25) is 0 Å². The van der Waals surface area contributed by atoms with Crippen molar-refractivity contribution in [2.75, 3.05) is 6.54 Å². The maximum Gasteiger partial charge on any atom is 0.133 e. The van der Waals surface area contributed by atoms with Crippen LogP contribution in [0.1, 0.15) is 40.0 Å².